The Morgan fingerprint density at radius 2 is 1.77 bits per heavy atom. The van der Waals surface area contributed by atoms with E-state index in [2.05, 4.69) is 49.7 Å². The molecule has 4 heterocycles. The van der Waals surface area contributed by atoms with Gasteiger partial charge in [-0.25, -0.2) is 14.4 Å². The second kappa shape index (κ2) is 15.1. The fourth-order valence-electron chi connectivity index (χ4n) is 5.07. The second-order valence-electron chi connectivity index (χ2n) is 10.2. The zero-order chi connectivity index (χ0) is 28.4. The average Bonchev–Trinajstić information content (AvgIpc) is 3.57. The molecule has 0 aromatic carbocycles. The Bertz CT molecular complexity index is 1190. The van der Waals surface area contributed by atoms with Crippen molar-refractivity contribution in [1.82, 2.24) is 19.8 Å². The van der Waals surface area contributed by atoms with E-state index < -0.39 is 0 Å². The van der Waals surface area contributed by atoms with Gasteiger partial charge in [-0.1, -0.05) is 19.8 Å². The first-order valence-electron chi connectivity index (χ1n) is 13.6. The van der Waals surface area contributed by atoms with Crippen LogP contribution in [0.25, 0.3) is 10.1 Å². The molecule has 10 heteroatoms. The molecule has 0 bridgehead atoms. The number of carbonyl (C=O) groups is 1. The molecule has 3 aromatic heterocycles. The summed E-state index contributed by atoms with van der Waals surface area (Å²) in [5.41, 5.74) is 2.32. The third-order valence-corrected chi connectivity index (χ3v) is 8.10. The molecule has 2 aliphatic rings. The lowest BCUT2D eigenvalue weighted by molar-refractivity contribution is -0.115. The summed E-state index contributed by atoms with van der Waals surface area (Å²) in [4.78, 5) is 25.8. The largest absolute Gasteiger partial charge is 0.388 e. The van der Waals surface area contributed by atoms with E-state index in [-0.39, 0.29) is 11.6 Å². The minimum Gasteiger partial charge on any atom is -0.388 e. The number of nitrogens with zero attached hydrogens (tertiary/aromatic N) is 5. The lowest BCUT2D eigenvalue weighted by atomic mass is 9.95. The molecule has 0 atom stereocenters. The minimum absolute atomic E-state index is 0.233. The van der Waals surface area contributed by atoms with Gasteiger partial charge >= 0.3 is 0 Å². The van der Waals surface area contributed by atoms with Gasteiger partial charge in [-0.3, -0.25) is 4.79 Å². The summed E-state index contributed by atoms with van der Waals surface area (Å²) in [6.07, 6.45) is 9.58. The molecule has 3 aromatic rings. The lowest BCUT2D eigenvalue weighted by Gasteiger charge is -2.35. The molecule has 214 valence electrons. The molecule has 1 aliphatic heterocycles. The Morgan fingerprint density at radius 3 is 2.33 bits per heavy atom. The number of aryl methyl sites for hydroxylation is 1. The SMILES string of the molecule is CCN1CCN(c2cnc(Nc3cc4c(C5CCCC5)c(C)sc4cn3)c(F)c2)CC1.CN(C)C=O.COC. The fraction of sp³-hybridized carbons (Fsp3) is 0.552. The van der Waals surface area contributed by atoms with Crippen molar-refractivity contribution in [2.24, 2.45) is 0 Å². The van der Waals surface area contributed by atoms with E-state index >= 15 is 0 Å². The first kappa shape index (κ1) is 30.7. The van der Waals surface area contributed by atoms with Gasteiger partial charge in [0.1, 0.15) is 5.82 Å². The van der Waals surface area contributed by atoms with Crippen LogP contribution in [0, 0.1) is 12.7 Å². The van der Waals surface area contributed by atoms with Gasteiger partial charge in [-0.2, -0.15) is 0 Å². The van der Waals surface area contributed by atoms with Crippen molar-refractivity contribution in [3.05, 3.63) is 40.8 Å². The van der Waals surface area contributed by atoms with E-state index in [1.807, 2.05) is 17.5 Å². The molecule has 1 saturated heterocycles. The van der Waals surface area contributed by atoms with Crippen LogP contribution in [0.5, 0.6) is 0 Å². The maximum atomic E-state index is 14.9. The molecule has 8 nitrogen and oxygen atoms in total. The van der Waals surface area contributed by atoms with Gasteiger partial charge in [0.05, 0.1) is 16.6 Å². The normalized spacial score (nSPS) is 15.8. The fourth-order valence-corrected chi connectivity index (χ4v) is 6.17. The summed E-state index contributed by atoms with van der Waals surface area (Å²) in [6, 6.07) is 3.67. The quantitative estimate of drug-likeness (QED) is 0.392. The lowest BCUT2D eigenvalue weighted by Crippen LogP contribution is -2.46. The van der Waals surface area contributed by atoms with Crippen molar-refractivity contribution in [3.63, 3.8) is 0 Å². The van der Waals surface area contributed by atoms with Crippen molar-refractivity contribution >= 4 is 45.2 Å². The molecule has 1 amide bonds. The average molecular weight is 559 g/mol. The Morgan fingerprint density at radius 1 is 1.13 bits per heavy atom. The molecule has 1 saturated carbocycles. The van der Waals surface area contributed by atoms with Crippen LogP contribution in [0.1, 0.15) is 49.0 Å². The number of hydrogen-bond donors (Lipinski definition) is 1. The Hall–Kier alpha value is -2.82. The molecule has 5 rings (SSSR count). The van der Waals surface area contributed by atoms with Gasteiger partial charge in [0.15, 0.2) is 11.6 Å². The number of nitrogens with one attached hydrogen (secondary N) is 1. The highest BCUT2D eigenvalue weighted by Gasteiger charge is 2.23. The van der Waals surface area contributed by atoms with E-state index in [0.717, 1.165) is 44.8 Å². The summed E-state index contributed by atoms with van der Waals surface area (Å²) in [6.45, 7) is 9.27. The molecule has 39 heavy (non-hydrogen) atoms. The van der Waals surface area contributed by atoms with Crippen LogP contribution >= 0.6 is 11.3 Å². The van der Waals surface area contributed by atoms with Crippen molar-refractivity contribution in [3.8, 4) is 0 Å². The van der Waals surface area contributed by atoms with E-state index in [0.29, 0.717) is 11.7 Å². The number of carbonyl (C=O) groups excluding carboxylic acids is 1. The van der Waals surface area contributed by atoms with Crippen molar-refractivity contribution in [1.29, 1.82) is 0 Å². The maximum Gasteiger partial charge on any atom is 0.209 e. The summed E-state index contributed by atoms with van der Waals surface area (Å²) in [5, 5.41) is 4.38. The topological polar surface area (TPSA) is 73.8 Å². The summed E-state index contributed by atoms with van der Waals surface area (Å²) >= 11 is 1.81. The highest BCUT2D eigenvalue weighted by Crippen LogP contribution is 2.43. The van der Waals surface area contributed by atoms with E-state index in [1.54, 1.807) is 40.6 Å². The number of hydrogen-bond acceptors (Lipinski definition) is 8. The number of amides is 1. The van der Waals surface area contributed by atoms with Gasteiger partial charge in [0.2, 0.25) is 6.41 Å². The third-order valence-electron chi connectivity index (χ3n) is 7.03. The number of likely N-dealkylation sites (N-methyl/N-ethyl adjacent to an activating group) is 1. The van der Waals surface area contributed by atoms with Crippen molar-refractivity contribution in [2.75, 3.05) is 71.3 Å². The van der Waals surface area contributed by atoms with E-state index in [4.69, 9.17) is 0 Å². The molecular weight excluding hydrogens is 515 g/mol. The number of fused-ring (bicyclic) bond motifs is 1. The number of rotatable bonds is 6. The summed E-state index contributed by atoms with van der Waals surface area (Å²) in [5.74, 6) is 1.19. The predicted octanol–water partition coefficient (Wildman–Crippen LogP) is 5.65. The number of ether oxygens (including phenoxy) is 1. The zero-order valence-electron chi connectivity index (χ0n) is 24.2. The first-order valence-corrected chi connectivity index (χ1v) is 14.4. The molecule has 0 radical (unpaired) electrons. The number of halogens is 1. The first-order chi connectivity index (χ1) is 18.8. The summed E-state index contributed by atoms with van der Waals surface area (Å²) in [7, 11) is 6.62. The van der Waals surface area contributed by atoms with Crippen LogP contribution in [0.15, 0.2) is 24.5 Å². The van der Waals surface area contributed by atoms with Gasteiger partial charge in [0.25, 0.3) is 0 Å². The number of methoxy groups -OCH3 is 1. The van der Waals surface area contributed by atoms with Gasteiger partial charge in [-0.15, -0.1) is 11.3 Å². The zero-order valence-corrected chi connectivity index (χ0v) is 25.0. The highest BCUT2D eigenvalue weighted by atomic mass is 32.1. The number of aromatic nitrogens is 2. The smallest absolute Gasteiger partial charge is 0.209 e. The molecular formula is C29H43FN6O2S. The highest BCUT2D eigenvalue weighted by molar-refractivity contribution is 7.19. The minimum atomic E-state index is -0.338. The molecule has 1 N–H and O–H groups in total. The summed E-state index contributed by atoms with van der Waals surface area (Å²) < 4.78 is 20.3. The van der Waals surface area contributed by atoms with Crippen molar-refractivity contribution in [2.45, 2.75) is 45.4 Å². The number of piperazine rings is 1. The van der Waals surface area contributed by atoms with Crippen LogP contribution in [-0.2, 0) is 9.53 Å². The van der Waals surface area contributed by atoms with E-state index in [1.165, 1.54) is 51.1 Å². The monoisotopic (exact) mass is 558 g/mol. The Kier molecular flexibility index (Phi) is 11.9. The molecule has 2 fully saturated rings. The van der Waals surface area contributed by atoms with Gasteiger partial charge in [0, 0.05) is 77.0 Å². The number of anilines is 3. The molecule has 1 aliphatic carbocycles. The van der Waals surface area contributed by atoms with Crippen LogP contribution in [0.4, 0.5) is 21.7 Å². The third kappa shape index (κ3) is 8.33. The number of thiophene rings is 1. The van der Waals surface area contributed by atoms with Crippen LogP contribution in [-0.4, -0.2) is 87.2 Å². The van der Waals surface area contributed by atoms with Crippen LogP contribution < -0.4 is 10.2 Å². The molecule has 0 spiro atoms. The molecule has 0 unspecified atom stereocenters. The maximum absolute atomic E-state index is 14.9. The standard InChI is InChI=1S/C24H30FN5S.C3H7NO.C2H6O/c1-3-29-8-10-30(11-9-29)18-12-20(25)24(27-14-18)28-22-13-19-21(15-26-22)31-16(2)23(19)17-6-4-5-7-17;1-4(2)3-5;1-3-2/h12-15,17H,3-11H2,1-2H3,(H,26,27,28);3H,1-2H3;1-2H3. The number of pyridine rings is 2. The Labute approximate surface area is 236 Å². The van der Waals surface area contributed by atoms with Crippen LogP contribution in [0.3, 0.4) is 0 Å². The van der Waals surface area contributed by atoms with Gasteiger partial charge < -0.3 is 24.8 Å². The van der Waals surface area contributed by atoms with Gasteiger partial charge in [-0.05, 0) is 43.9 Å². The van der Waals surface area contributed by atoms with E-state index in [9.17, 15) is 9.18 Å². The second-order valence-corrected chi connectivity index (χ2v) is 11.4. The Balaban J connectivity index is 0.000000466. The van der Waals surface area contributed by atoms with Crippen molar-refractivity contribution < 1.29 is 13.9 Å². The predicted molar refractivity (Wildman–Crippen MR) is 160 cm³/mol. The van der Waals surface area contributed by atoms with Crippen LogP contribution in [0.2, 0.25) is 0 Å².